The van der Waals surface area contributed by atoms with Gasteiger partial charge in [-0.1, -0.05) is 30.3 Å². The molecule has 174 valence electrons. The highest BCUT2D eigenvalue weighted by molar-refractivity contribution is 5.89. The van der Waals surface area contributed by atoms with Crippen LogP contribution in [0.5, 0.6) is 0 Å². The van der Waals surface area contributed by atoms with Crippen LogP contribution in [-0.4, -0.2) is 62.6 Å². The molecular weight excluding hydrogens is 418 g/mol. The van der Waals surface area contributed by atoms with Gasteiger partial charge in [0.05, 0.1) is 13.2 Å². The van der Waals surface area contributed by atoms with Gasteiger partial charge < -0.3 is 29.6 Å². The number of nitrogens with one attached hydrogen (secondary N) is 2. The Morgan fingerprint density at radius 3 is 2.19 bits per heavy atom. The van der Waals surface area contributed by atoms with Crippen LogP contribution in [-0.2, 0) is 35.1 Å². The van der Waals surface area contributed by atoms with Gasteiger partial charge >= 0.3 is 18.7 Å². The molecule has 1 aromatic carbocycles. The number of carbonyl (C=O) groups is 3. The lowest BCUT2D eigenvalue weighted by Crippen LogP contribution is -2.55. The topological polar surface area (TPSA) is 112 Å². The molecule has 0 fully saturated rings. The van der Waals surface area contributed by atoms with Crippen molar-refractivity contribution in [3.8, 4) is 0 Å². The zero-order valence-electron chi connectivity index (χ0n) is 17.9. The minimum Gasteiger partial charge on any atom is -0.459 e. The van der Waals surface area contributed by atoms with Gasteiger partial charge in [0, 0.05) is 7.11 Å². The molecule has 9 nitrogen and oxygen atoms in total. The summed E-state index contributed by atoms with van der Waals surface area (Å²) in [4.78, 5) is 36.9. The summed E-state index contributed by atoms with van der Waals surface area (Å²) in [5, 5.41) is 4.46. The number of rotatable bonds is 11. The third-order valence-electron chi connectivity index (χ3n) is 3.55. The molecule has 0 aliphatic carbocycles. The van der Waals surface area contributed by atoms with Crippen molar-refractivity contribution < 1.29 is 42.1 Å². The van der Waals surface area contributed by atoms with Crippen molar-refractivity contribution in [2.75, 3.05) is 20.3 Å². The second-order valence-corrected chi connectivity index (χ2v) is 7.40. The average molecular weight is 446 g/mol. The number of alkyl halides is 2. The molecule has 1 aromatic rings. The van der Waals surface area contributed by atoms with Crippen molar-refractivity contribution in [3.05, 3.63) is 35.9 Å². The molecule has 0 aromatic heterocycles. The maximum absolute atomic E-state index is 12.6. The molecule has 11 heteroatoms. The molecule has 2 unspecified atom stereocenters. The van der Waals surface area contributed by atoms with E-state index in [1.54, 1.807) is 51.1 Å². The molecule has 0 saturated heterocycles. The number of hydrogen-bond acceptors (Lipinski definition) is 7. The van der Waals surface area contributed by atoms with Crippen LogP contribution in [0.4, 0.5) is 13.6 Å². The van der Waals surface area contributed by atoms with E-state index >= 15 is 0 Å². The first-order valence-corrected chi connectivity index (χ1v) is 9.41. The number of alkyl carbamates (subject to hydrolysis) is 1. The van der Waals surface area contributed by atoms with Gasteiger partial charge in [-0.25, -0.2) is 9.59 Å². The maximum Gasteiger partial charge on any atom is 0.408 e. The van der Waals surface area contributed by atoms with E-state index in [2.05, 4.69) is 15.4 Å². The van der Waals surface area contributed by atoms with Crippen LogP contribution in [0.3, 0.4) is 0 Å². The molecule has 0 radical (unpaired) electrons. The zero-order valence-corrected chi connectivity index (χ0v) is 17.9. The van der Waals surface area contributed by atoms with Gasteiger partial charge in [-0.2, -0.15) is 8.78 Å². The van der Waals surface area contributed by atoms with E-state index in [9.17, 15) is 23.2 Å². The molecule has 2 amide bonds. The van der Waals surface area contributed by atoms with Crippen molar-refractivity contribution in [2.24, 2.45) is 0 Å². The van der Waals surface area contributed by atoms with Gasteiger partial charge in [-0.3, -0.25) is 4.79 Å². The van der Waals surface area contributed by atoms with Crippen LogP contribution < -0.4 is 10.6 Å². The highest BCUT2D eigenvalue weighted by atomic mass is 19.3. The van der Waals surface area contributed by atoms with E-state index in [0.717, 1.165) is 5.56 Å². The van der Waals surface area contributed by atoms with E-state index in [4.69, 9.17) is 14.2 Å². The van der Waals surface area contributed by atoms with Gasteiger partial charge in [0.2, 0.25) is 5.91 Å². The van der Waals surface area contributed by atoms with E-state index in [-0.39, 0.29) is 13.2 Å². The molecule has 2 atom stereocenters. The second kappa shape index (κ2) is 12.8. The molecule has 0 bridgehead atoms. The third-order valence-corrected chi connectivity index (χ3v) is 3.55. The smallest absolute Gasteiger partial charge is 0.408 e. The van der Waals surface area contributed by atoms with Gasteiger partial charge in [0.25, 0.3) is 0 Å². The summed E-state index contributed by atoms with van der Waals surface area (Å²) in [5.74, 6) is -1.75. The third kappa shape index (κ3) is 11.2. The van der Waals surface area contributed by atoms with Crippen LogP contribution in [0, 0.1) is 0 Å². The lowest BCUT2D eigenvalue weighted by atomic mass is 10.2. The summed E-state index contributed by atoms with van der Waals surface area (Å²) < 4.78 is 44.2. The number of hydrogen-bond donors (Lipinski definition) is 2. The Morgan fingerprint density at radius 2 is 1.65 bits per heavy atom. The first-order chi connectivity index (χ1) is 14.5. The molecule has 0 aliphatic heterocycles. The Hall–Kier alpha value is -2.79. The number of methoxy groups -OCH3 is 1. The number of esters is 1. The summed E-state index contributed by atoms with van der Waals surface area (Å²) in [7, 11) is 1.31. The zero-order chi connectivity index (χ0) is 23.4. The summed E-state index contributed by atoms with van der Waals surface area (Å²) in [6, 6.07) is 6.06. The van der Waals surface area contributed by atoms with Crippen molar-refractivity contribution in [2.45, 2.75) is 51.7 Å². The first kappa shape index (κ1) is 26.2. The fourth-order valence-corrected chi connectivity index (χ4v) is 2.24. The SMILES string of the molecule is COCC(NC(=O)C(COC(F)F)NC(=O)OC(C)(C)C)C(=O)OCc1ccccc1. The van der Waals surface area contributed by atoms with Crippen molar-refractivity contribution in [1.29, 1.82) is 0 Å². The number of carbonyl (C=O) groups excluding carboxylic acids is 3. The molecule has 0 saturated carbocycles. The number of ether oxygens (including phenoxy) is 4. The Kier molecular flexibility index (Phi) is 10.8. The van der Waals surface area contributed by atoms with E-state index in [0.29, 0.717) is 0 Å². The summed E-state index contributed by atoms with van der Waals surface area (Å²) in [6.45, 7) is 0.485. The standard InChI is InChI=1S/C20H28F2N2O7/c1-20(2,3)31-19(27)24-14(12-30-18(21)22)16(25)23-15(11-28-4)17(26)29-10-13-8-6-5-7-9-13/h5-9,14-15,18H,10-12H2,1-4H3,(H,23,25)(H,24,27). The van der Waals surface area contributed by atoms with E-state index in [1.807, 2.05) is 0 Å². The van der Waals surface area contributed by atoms with Crippen molar-refractivity contribution in [1.82, 2.24) is 10.6 Å². The maximum atomic E-state index is 12.6. The summed E-state index contributed by atoms with van der Waals surface area (Å²) in [6.07, 6.45) is -1.01. The predicted octanol–water partition coefficient (Wildman–Crippen LogP) is 1.99. The monoisotopic (exact) mass is 446 g/mol. The van der Waals surface area contributed by atoms with Crippen LogP contribution in [0.15, 0.2) is 30.3 Å². The quantitative estimate of drug-likeness (QED) is 0.500. The summed E-state index contributed by atoms with van der Waals surface area (Å²) >= 11 is 0. The fraction of sp³-hybridized carbons (Fsp3) is 0.550. The molecule has 0 heterocycles. The number of benzene rings is 1. The van der Waals surface area contributed by atoms with Gasteiger partial charge in [-0.05, 0) is 26.3 Å². The minimum absolute atomic E-state index is 0.0379. The Balaban J connectivity index is 2.78. The Morgan fingerprint density at radius 1 is 1.00 bits per heavy atom. The molecular formula is C20H28F2N2O7. The predicted molar refractivity (Wildman–Crippen MR) is 105 cm³/mol. The molecule has 2 N–H and O–H groups in total. The largest absolute Gasteiger partial charge is 0.459 e. The second-order valence-electron chi connectivity index (χ2n) is 7.40. The fourth-order valence-electron chi connectivity index (χ4n) is 2.24. The van der Waals surface area contributed by atoms with E-state index in [1.165, 1.54) is 7.11 Å². The van der Waals surface area contributed by atoms with Gasteiger partial charge in [0.1, 0.15) is 18.2 Å². The van der Waals surface area contributed by atoms with Gasteiger partial charge in [0.15, 0.2) is 6.04 Å². The lowest BCUT2D eigenvalue weighted by molar-refractivity contribution is -0.153. The van der Waals surface area contributed by atoms with E-state index < -0.39 is 48.9 Å². The van der Waals surface area contributed by atoms with Crippen LogP contribution in [0.1, 0.15) is 26.3 Å². The van der Waals surface area contributed by atoms with Crippen molar-refractivity contribution in [3.63, 3.8) is 0 Å². The number of amides is 2. The first-order valence-electron chi connectivity index (χ1n) is 9.41. The Bertz CT molecular complexity index is 711. The number of halogens is 2. The van der Waals surface area contributed by atoms with Crippen molar-refractivity contribution >= 4 is 18.0 Å². The van der Waals surface area contributed by atoms with Gasteiger partial charge in [-0.15, -0.1) is 0 Å². The average Bonchev–Trinajstić information content (AvgIpc) is 2.68. The highest BCUT2D eigenvalue weighted by Gasteiger charge is 2.30. The van der Waals surface area contributed by atoms with Crippen LogP contribution in [0.25, 0.3) is 0 Å². The van der Waals surface area contributed by atoms with Crippen LogP contribution in [0.2, 0.25) is 0 Å². The normalized spacial score (nSPS) is 13.3. The summed E-state index contributed by atoms with van der Waals surface area (Å²) in [5.41, 5.74) is -0.151. The molecule has 1 rings (SSSR count). The van der Waals surface area contributed by atoms with Crippen LogP contribution >= 0.6 is 0 Å². The molecule has 0 spiro atoms. The lowest BCUT2D eigenvalue weighted by Gasteiger charge is -2.24. The molecule has 31 heavy (non-hydrogen) atoms. The Labute approximate surface area is 179 Å². The molecule has 0 aliphatic rings. The minimum atomic E-state index is -3.17. The highest BCUT2D eigenvalue weighted by Crippen LogP contribution is 2.08.